The molecule has 0 rings (SSSR count). The summed E-state index contributed by atoms with van der Waals surface area (Å²) in [5.74, 6) is 0. The Bertz CT molecular complexity index is 92.4. The van der Waals surface area contributed by atoms with Gasteiger partial charge in [-0.05, 0) is 13.8 Å². The second kappa shape index (κ2) is 11.1. The first kappa shape index (κ1) is 18.0. The first-order valence-electron chi connectivity index (χ1n) is 2.77. The molecule has 0 bridgehead atoms. The van der Waals surface area contributed by atoms with Crippen molar-refractivity contribution in [3.63, 3.8) is 0 Å². The zero-order valence-electron chi connectivity index (χ0n) is 6.02. The van der Waals surface area contributed by atoms with Gasteiger partial charge in [0.2, 0.25) is 0 Å². The Balaban J connectivity index is -0.000000107. The summed E-state index contributed by atoms with van der Waals surface area (Å²) in [6.07, 6.45) is 0. The third kappa shape index (κ3) is 96.6. The number of hydrogen-bond donors (Lipinski definition) is 3. The van der Waals surface area contributed by atoms with Crippen LogP contribution in [0.25, 0.3) is 0 Å². The molecular weight excluding hydrogens is 182 g/mol. The van der Waals surface area contributed by atoms with Gasteiger partial charge in [0.1, 0.15) is 0 Å². The molecule has 0 unspecified atom stereocenters. The van der Waals surface area contributed by atoms with E-state index >= 15 is 0 Å². The van der Waals surface area contributed by atoms with Gasteiger partial charge in [-0.15, -0.1) is 0 Å². The Hall–Kier alpha value is 1.07. The third-order valence-electron chi connectivity index (χ3n) is 0.408. The summed E-state index contributed by atoms with van der Waals surface area (Å²) in [7, 11) is -4.64. The van der Waals surface area contributed by atoms with E-state index in [0.29, 0.717) is 0 Å². The van der Waals surface area contributed by atoms with Gasteiger partial charge in [0, 0.05) is 13.2 Å². The minimum absolute atomic E-state index is 0. The van der Waals surface area contributed by atoms with Gasteiger partial charge in [-0.3, -0.25) is 0 Å². The molecule has 0 atom stereocenters. The molecule has 0 aromatic carbocycles. The SMILES string of the molecule is CCOCC.O=P(O)(O)O.[NaH]. The van der Waals surface area contributed by atoms with Crippen LogP contribution >= 0.6 is 7.82 Å². The average Bonchev–Trinajstić information content (AvgIpc) is 1.63. The molecule has 5 nitrogen and oxygen atoms in total. The van der Waals surface area contributed by atoms with Crippen molar-refractivity contribution in [1.82, 2.24) is 0 Å². The standard InChI is InChI=1S/C4H10O.Na.H3O4P.H/c1-3-5-4-2;;1-5(2,3)4;/h3-4H2,1-2H3;;(H3,1,2,3,4);. The molecule has 0 radical (unpaired) electrons. The summed E-state index contributed by atoms with van der Waals surface area (Å²) >= 11 is 0. The van der Waals surface area contributed by atoms with Crippen LogP contribution in [0.2, 0.25) is 0 Å². The van der Waals surface area contributed by atoms with Crippen LogP contribution in [0.5, 0.6) is 0 Å². The van der Waals surface area contributed by atoms with Crippen molar-refractivity contribution >= 4 is 37.4 Å². The van der Waals surface area contributed by atoms with Crippen molar-refractivity contribution in [1.29, 1.82) is 0 Å². The van der Waals surface area contributed by atoms with E-state index in [2.05, 4.69) is 0 Å². The Labute approximate surface area is 88.3 Å². The molecule has 0 aliphatic rings. The molecule has 0 fully saturated rings. The fourth-order valence-electron chi connectivity index (χ4n) is 0.204. The Morgan fingerprint density at radius 3 is 1.36 bits per heavy atom. The van der Waals surface area contributed by atoms with Crippen molar-refractivity contribution < 1.29 is 24.0 Å². The Morgan fingerprint density at radius 2 is 1.36 bits per heavy atom. The fourth-order valence-corrected chi connectivity index (χ4v) is 0.204. The molecule has 0 aromatic heterocycles. The second-order valence-corrected chi connectivity index (χ2v) is 2.32. The zero-order valence-corrected chi connectivity index (χ0v) is 6.91. The van der Waals surface area contributed by atoms with Gasteiger partial charge < -0.3 is 19.4 Å². The van der Waals surface area contributed by atoms with Crippen LogP contribution in [-0.2, 0) is 9.30 Å². The average molecular weight is 196 g/mol. The topological polar surface area (TPSA) is 87.0 Å². The third-order valence-corrected chi connectivity index (χ3v) is 0.408. The second-order valence-electron chi connectivity index (χ2n) is 1.29. The number of phosphoric acid groups is 1. The molecule has 66 valence electrons. The van der Waals surface area contributed by atoms with Gasteiger partial charge in [0.25, 0.3) is 0 Å². The minimum atomic E-state index is -4.64. The summed E-state index contributed by atoms with van der Waals surface area (Å²) in [5.41, 5.74) is 0. The van der Waals surface area contributed by atoms with Gasteiger partial charge in [-0.1, -0.05) is 0 Å². The van der Waals surface area contributed by atoms with Crippen LogP contribution < -0.4 is 0 Å². The number of ether oxygens (including phenoxy) is 1. The van der Waals surface area contributed by atoms with Gasteiger partial charge in [-0.2, -0.15) is 0 Å². The maximum atomic E-state index is 8.88. The van der Waals surface area contributed by atoms with Crippen molar-refractivity contribution in [2.75, 3.05) is 13.2 Å². The number of hydrogen-bond acceptors (Lipinski definition) is 2. The van der Waals surface area contributed by atoms with Crippen LogP contribution in [0.3, 0.4) is 0 Å². The number of rotatable bonds is 2. The van der Waals surface area contributed by atoms with Crippen molar-refractivity contribution in [3.05, 3.63) is 0 Å². The first-order valence-corrected chi connectivity index (χ1v) is 4.34. The molecule has 0 saturated carbocycles. The van der Waals surface area contributed by atoms with Gasteiger partial charge in [0.05, 0.1) is 0 Å². The zero-order chi connectivity index (χ0) is 8.62. The van der Waals surface area contributed by atoms with E-state index in [-0.39, 0.29) is 29.6 Å². The van der Waals surface area contributed by atoms with Gasteiger partial charge in [0.15, 0.2) is 0 Å². The normalized spacial score (nSPS) is 9.18. The summed E-state index contributed by atoms with van der Waals surface area (Å²) < 4.78 is 13.7. The quantitative estimate of drug-likeness (QED) is 0.408. The molecule has 0 aliphatic heterocycles. The van der Waals surface area contributed by atoms with Crippen molar-refractivity contribution in [3.8, 4) is 0 Å². The molecule has 3 N–H and O–H groups in total. The van der Waals surface area contributed by atoms with E-state index < -0.39 is 7.82 Å². The molecular formula is C4H14NaO5P. The molecule has 0 spiro atoms. The van der Waals surface area contributed by atoms with E-state index in [1.807, 2.05) is 13.8 Å². The first-order chi connectivity index (χ1) is 4.41. The van der Waals surface area contributed by atoms with Gasteiger partial charge >= 0.3 is 37.4 Å². The Kier molecular flexibility index (Phi) is 18.1. The van der Waals surface area contributed by atoms with Crippen molar-refractivity contribution in [2.45, 2.75) is 13.8 Å². The van der Waals surface area contributed by atoms with E-state index in [9.17, 15) is 0 Å². The Morgan fingerprint density at radius 1 is 1.18 bits per heavy atom. The van der Waals surface area contributed by atoms with Crippen LogP contribution in [0.15, 0.2) is 0 Å². The molecule has 0 aliphatic carbocycles. The van der Waals surface area contributed by atoms with Crippen LogP contribution in [0, 0.1) is 0 Å². The van der Waals surface area contributed by atoms with Crippen LogP contribution in [0.4, 0.5) is 0 Å². The molecule has 0 aromatic rings. The summed E-state index contributed by atoms with van der Waals surface area (Å²) in [5, 5.41) is 0. The molecule has 0 heterocycles. The van der Waals surface area contributed by atoms with E-state index in [1.54, 1.807) is 0 Å². The summed E-state index contributed by atoms with van der Waals surface area (Å²) in [6, 6.07) is 0. The van der Waals surface area contributed by atoms with Crippen molar-refractivity contribution in [2.24, 2.45) is 0 Å². The maximum absolute atomic E-state index is 8.88. The van der Waals surface area contributed by atoms with Gasteiger partial charge in [-0.25, -0.2) is 4.57 Å². The molecule has 7 heteroatoms. The van der Waals surface area contributed by atoms with E-state index in [0.717, 1.165) is 13.2 Å². The predicted octanol–water partition coefficient (Wildman–Crippen LogP) is -0.534. The van der Waals surface area contributed by atoms with E-state index in [4.69, 9.17) is 24.0 Å². The molecule has 0 saturated heterocycles. The van der Waals surface area contributed by atoms with Crippen LogP contribution in [0.1, 0.15) is 13.8 Å². The van der Waals surface area contributed by atoms with E-state index in [1.165, 1.54) is 0 Å². The molecule has 0 amide bonds. The predicted molar refractivity (Wildman–Crippen MR) is 43.6 cm³/mol. The molecule has 11 heavy (non-hydrogen) atoms. The van der Waals surface area contributed by atoms with Crippen LogP contribution in [-0.4, -0.2) is 57.5 Å². The summed E-state index contributed by atoms with van der Waals surface area (Å²) in [4.78, 5) is 21.6. The summed E-state index contributed by atoms with van der Waals surface area (Å²) in [6.45, 7) is 5.67. The monoisotopic (exact) mass is 196 g/mol. The fraction of sp³-hybridized carbons (Fsp3) is 1.00.